The maximum Gasteiger partial charge on any atom is 0.244 e. The third-order valence-electron chi connectivity index (χ3n) is 3.79. The molecule has 24 heavy (non-hydrogen) atoms. The summed E-state index contributed by atoms with van der Waals surface area (Å²) in [6, 6.07) is 9.89. The molecule has 5 nitrogen and oxygen atoms in total. The van der Waals surface area contributed by atoms with Gasteiger partial charge < -0.3 is 19.7 Å². The smallest absolute Gasteiger partial charge is 0.244 e. The summed E-state index contributed by atoms with van der Waals surface area (Å²) >= 11 is 1.70. The highest BCUT2D eigenvalue weighted by Gasteiger charge is 2.15. The predicted octanol–water partition coefficient (Wildman–Crippen LogP) is 2.91. The lowest BCUT2D eigenvalue weighted by atomic mass is 10.2. The molecular weight excluding hydrogens is 324 g/mol. The molecule has 126 valence electrons. The minimum absolute atomic E-state index is 0.115. The molecule has 1 aromatic carbocycles. The molecule has 0 spiro atoms. The largest absolute Gasteiger partial charge is 0.454 e. The van der Waals surface area contributed by atoms with Gasteiger partial charge in [-0.05, 0) is 49.3 Å². The van der Waals surface area contributed by atoms with E-state index in [9.17, 15) is 4.79 Å². The summed E-state index contributed by atoms with van der Waals surface area (Å²) in [6.45, 7) is 0.815. The summed E-state index contributed by atoms with van der Waals surface area (Å²) in [6.07, 6.45) is 3.31. The van der Waals surface area contributed by atoms with Crippen LogP contribution in [0.4, 0.5) is 0 Å². The van der Waals surface area contributed by atoms with Crippen LogP contribution in [0.25, 0.3) is 6.08 Å². The summed E-state index contributed by atoms with van der Waals surface area (Å²) in [5, 5.41) is 5.01. The van der Waals surface area contributed by atoms with Crippen molar-refractivity contribution in [1.82, 2.24) is 10.2 Å². The first-order valence-electron chi connectivity index (χ1n) is 7.69. The van der Waals surface area contributed by atoms with Gasteiger partial charge in [0.1, 0.15) is 0 Å². The van der Waals surface area contributed by atoms with Crippen molar-refractivity contribution in [3.8, 4) is 11.5 Å². The molecule has 0 radical (unpaired) electrons. The number of thiophene rings is 1. The highest BCUT2D eigenvalue weighted by atomic mass is 32.1. The molecule has 2 aromatic rings. The number of fused-ring (bicyclic) bond motifs is 1. The number of carbonyl (C=O) groups excluding carboxylic acids is 1. The second kappa shape index (κ2) is 7.51. The average Bonchev–Trinajstić information content (AvgIpc) is 3.23. The van der Waals surface area contributed by atoms with Gasteiger partial charge in [-0.1, -0.05) is 12.1 Å². The van der Waals surface area contributed by atoms with Gasteiger partial charge in [-0.3, -0.25) is 4.79 Å². The summed E-state index contributed by atoms with van der Waals surface area (Å²) in [4.78, 5) is 15.4. The Kier molecular flexibility index (Phi) is 5.17. The molecule has 0 aliphatic carbocycles. The van der Waals surface area contributed by atoms with Crippen molar-refractivity contribution in [3.63, 3.8) is 0 Å². The van der Waals surface area contributed by atoms with Gasteiger partial charge in [0.15, 0.2) is 11.5 Å². The first-order valence-corrected chi connectivity index (χ1v) is 8.57. The number of benzene rings is 1. The zero-order chi connectivity index (χ0) is 16.9. The van der Waals surface area contributed by atoms with E-state index >= 15 is 0 Å². The number of ether oxygens (including phenoxy) is 2. The minimum Gasteiger partial charge on any atom is -0.454 e. The lowest BCUT2D eigenvalue weighted by Crippen LogP contribution is -2.33. The molecule has 6 heteroatoms. The Morgan fingerprint density at radius 2 is 2.17 bits per heavy atom. The standard InChI is InChI=1S/C18H20N2O3S/c1-20(2)14(17-4-3-9-24-17)11-19-18(21)8-6-13-5-7-15-16(10-13)23-12-22-15/h3-10,14H,11-12H2,1-2H3,(H,19,21)/b8-6+. The van der Waals surface area contributed by atoms with Gasteiger partial charge in [-0.15, -0.1) is 11.3 Å². The van der Waals surface area contributed by atoms with Crippen LogP contribution < -0.4 is 14.8 Å². The molecule has 1 aliphatic rings. The summed E-state index contributed by atoms with van der Waals surface area (Å²) < 4.78 is 10.6. The van der Waals surface area contributed by atoms with Crippen LogP contribution in [0.5, 0.6) is 11.5 Å². The summed E-state index contributed by atoms with van der Waals surface area (Å²) in [5.74, 6) is 1.33. The van der Waals surface area contributed by atoms with Gasteiger partial charge >= 0.3 is 0 Å². The van der Waals surface area contributed by atoms with E-state index in [1.54, 1.807) is 23.5 Å². The van der Waals surface area contributed by atoms with Gasteiger partial charge in [0.2, 0.25) is 12.7 Å². The van der Waals surface area contributed by atoms with Crippen LogP contribution in [-0.2, 0) is 4.79 Å². The highest BCUT2D eigenvalue weighted by molar-refractivity contribution is 7.10. The van der Waals surface area contributed by atoms with Crippen LogP contribution in [0.2, 0.25) is 0 Å². The van der Waals surface area contributed by atoms with Crippen molar-refractivity contribution < 1.29 is 14.3 Å². The number of hydrogen-bond donors (Lipinski definition) is 1. The van der Waals surface area contributed by atoms with Crippen molar-refractivity contribution in [2.24, 2.45) is 0 Å². The number of rotatable bonds is 6. The molecule has 1 atom stereocenters. The Balaban J connectivity index is 1.57. The second-order valence-corrected chi connectivity index (χ2v) is 6.67. The van der Waals surface area contributed by atoms with Gasteiger partial charge in [0.25, 0.3) is 0 Å². The first-order chi connectivity index (χ1) is 11.6. The first kappa shape index (κ1) is 16.5. The summed E-state index contributed by atoms with van der Waals surface area (Å²) in [5.41, 5.74) is 0.900. The molecule has 1 N–H and O–H groups in total. The van der Waals surface area contributed by atoms with Crippen molar-refractivity contribution in [2.75, 3.05) is 27.4 Å². The number of nitrogens with one attached hydrogen (secondary N) is 1. The minimum atomic E-state index is -0.115. The number of likely N-dealkylation sites (N-methyl/N-ethyl adjacent to an activating group) is 1. The van der Waals surface area contributed by atoms with Crippen LogP contribution in [0.3, 0.4) is 0 Å². The Labute approximate surface area is 145 Å². The van der Waals surface area contributed by atoms with Gasteiger partial charge in [-0.25, -0.2) is 0 Å². The SMILES string of the molecule is CN(C)C(CNC(=O)/C=C/c1ccc2c(c1)OCO2)c1cccs1. The van der Waals surface area contributed by atoms with Crippen molar-refractivity contribution in [1.29, 1.82) is 0 Å². The number of carbonyl (C=O) groups is 1. The molecule has 3 rings (SSSR count). The van der Waals surface area contributed by atoms with Crippen LogP contribution in [-0.4, -0.2) is 38.2 Å². The van der Waals surface area contributed by atoms with E-state index in [2.05, 4.69) is 16.3 Å². The molecule has 2 heterocycles. The van der Waals surface area contributed by atoms with Gasteiger partial charge in [0, 0.05) is 17.5 Å². The fraction of sp³-hybridized carbons (Fsp3) is 0.278. The lowest BCUT2D eigenvalue weighted by molar-refractivity contribution is -0.116. The fourth-order valence-corrected chi connectivity index (χ4v) is 3.39. The summed E-state index contributed by atoms with van der Waals surface area (Å²) in [7, 11) is 4.03. The van der Waals surface area contributed by atoms with E-state index in [1.165, 1.54) is 4.88 Å². The molecule has 1 unspecified atom stereocenters. The van der Waals surface area contributed by atoms with E-state index in [1.807, 2.05) is 43.7 Å². The normalized spacial score (nSPS) is 14.3. The van der Waals surface area contributed by atoms with E-state index in [-0.39, 0.29) is 18.7 Å². The highest BCUT2D eigenvalue weighted by Crippen LogP contribution is 2.32. The third-order valence-corrected chi connectivity index (χ3v) is 4.76. The monoisotopic (exact) mass is 344 g/mol. The van der Waals surface area contributed by atoms with E-state index in [0.717, 1.165) is 11.3 Å². The molecule has 0 fully saturated rings. The Bertz CT molecular complexity index is 726. The molecule has 1 aromatic heterocycles. The Hall–Kier alpha value is -2.31. The Morgan fingerprint density at radius 1 is 1.33 bits per heavy atom. The number of amides is 1. The lowest BCUT2D eigenvalue weighted by Gasteiger charge is -2.23. The molecule has 1 amide bonds. The van der Waals surface area contributed by atoms with Crippen molar-refractivity contribution in [2.45, 2.75) is 6.04 Å². The van der Waals surface area contributed by atoms with E-state index in [0.29, 0.717) is 12.3 Å². The average molecular weight is 344 g/mol. The second-order valence-electron chi connectivity index (χ2n) is 5.69. The Morgan fingerprint density at radius 3 is 2.92 bits per heavy atom. The van der Waals surface area contributed by atoms with Crippen LogP contribution in [0.1, 0.15) is 16.5 Å². The van der Waals surface area contributed by atoms with Crippen LogP contribution in [0, 0.1) is 0 Å². The van der Waals surface area contributed by atoms with Crippen LogP contribution in [0.15, 0.2) is 41.8 Å². The molecule has 0 saturated carbocycles. The number of hydrogen-bond acceptors (Lipinski definition) is 5. The predicted molar refractivity (Wildman–Crippen MR) is 95.4 cm³/mol. The number of nitrogens with zero attached hydrogens (tertiary/aromatic N) is 1. The zero-order valence-electron chi connectivity index (χ0n) is 13.7. The van der Waals surface area contributed by atoms with Gasteiger partial charge in [-0.2, -0.15) is 0 Å². The zero-order valence-corrected chi connectivity index (χ0v) is 14.5. The quantitative estimate of drug-likeness (QED) is 0.819. The van der Waals surface area contributed by atoms with Gasteiger partial charge in [0.05, 0.1) is 6.04 Å². The maximum atomic E-state index is 12.1. The molecular formula is C18H20N2O3S. The van der Waals surface area contributed by atoms with E-state index in [4.69, 9.17) is 9.47 Å². The molecule has 0 saturated heterocycles. The molecule has 1 aliphatic heterocycles. The van der Waals surface area contributed by atoms with E-state index < -0.39 is 0 Å². The fourth-order valence-electron chi connectivity index (χ4n) is 2.46. The van der Waals surface area contributed by atoms with Crippen molar-refractivity contribution >= 4 is 23.3 Å². The van der Waals surface area contributed by atoms with Crippen LogP contribution >= 0.6 is 11.3 Å². The van der Waals surface area contributed by atoms with Crippen molar-refractivity contribution in [3.05, 3.63) is 52.2 Å². The topological polar surface area (TPSA) is 50.8 Å². The maximum absolute atomic E-state index is 12.1. The third kappa shape index (κ3) is 3.96. The molecule has 0 bridgehead atoms.